The molecule has 0 fully saturated rings. The van der Waals surface area contributed by atoms with E-state index in [0.29, 0.717) is 6.07 Å². The second kappa shape index (κ2) is 8.29. The van der Waals surface area contributed by atoms with Crippen LogP contribution in [0, 0.1) is 41.5 Å². The lowest BCUT2D eigenvalue weighted by Gasteiger charge is -2.17. The van der Waals surface area contributed by atoms with E-state index in [1.165, 1.54) is 0 Å². The molecule has 0 aliphatic rings. The van der Waals surface area contributed by atoms with Gasteiger partial charge in [0.2, 0.25) is 5.78 Å². The smallest absolute Gasteiger partial charge is 0.294 e. The first kappa shape index (κ1) is 25.5. The number of benzene rings is 2. The van der Waals surface area contributed by atoms with Crippen molar-refractivity contribution in [3.8, 4) is 11.8 Å². The Morgan fingerprint density at radius 3 is 1.74 bits per heavy atom. The van der Waals surface area contributed by atoms with Gasteiger partial charge in [-0.25, -0.2) is 22.2 Å². The van der Waals surface area contributed by atoms with Crippen LogP contribution < -0.4 is 5.56 Å². The zero-order chi connectivity index (χ0) is 26.6. The highest BCUT2D eigenvalue weighted by atomic mass is 19.4. The third-order valence-corrected chi connectivity index (χ3v) is 4.78. The van der Waals surface area contributed by atoms with E-state index in [0.717, 1.165) is 13.0 Å². The molecule has 1 N–H and O–H groups in total. The number of halogens is 10. The van der Waals surface area contributed by atoms with Crippen LogP contribution >= 0.6 is 0 Å². The van der Waals surface area contributed by atoms with Crippen LogP contribution in [0.4, 0.5) is 43.9 Å². The van der Waals surface area contributed by atoms with Crippen molar-refractivity contribution in [3.05, 3.63) is 85.3 Å². The van der Waals surface area contributed by atoms with Gasteiger partial charge >= 0.3 is 12.4 Å². The molecule has 0 spiro atoms. The molecule has 0 bridgehead atoms. The Kier molecular flexibility index (Phi) is 6.05. The topological polar surface area (TPSA) is 78.7 Å². The molecule has 1 heterocycles. The number of nitrogens with zero attached hydrogens (tertiary/aromatic N) is 2. The average Bonchev–Trinajstić information content (AvgIpc) is 3.04. The first-order valence-electron chi connectivity index (χ1n) is 8.94. The second-order valence-electron chi connectivity index (χ2n) is 6.90. The summed E-state index contributed by atoms with van der Waals surface area (Å²) in [5.74, 6) is -11.2. The first-order valence-corrected chi connectivity index (χ1v) is 8.94. The number of hydrogen-bond acceptors (Lipinski definition) is 3. The van der Waals surface area contributed by atoms with Gasteiger partial charge in [0.1, 0.15) is 22.9 Å². The molecule has 0 aliphatic carbocycles. The van der Waals surface area contributed by atoms with E-state index >= 15 is 0 Å². The largest absolute Gasteiger partial charge is 0.417 e. The monoisotopic (exact) mass is 511 g/mol. The fourth-order valence-electron chi connectivity index (χ4n) is 3.28. The van der Waals surface area contributed by atoms with Crippen LogP contribution in [0.15, 0.2) is 23.0 Å². The minimum atomic E-state index is -5.49. The van der Waals surface area contributed by atoms with Crippen molar-refractivity contribution in [2.24, 2.45) is 0 Å². The maximum atomic E-state index is 14.4. The summed E-state index contributed by atoms with van der Waals surface area (Å²) in [6.07, 6.45) is -11.0. The fourth-order valence-corrected chi connectivity index (χ4v) is 3.28. The Hall–Kier alpha value is -4.09. The number of aromatic amines is 1. The number of nitriles is 1. The molecule has 15 heteroatoms. The summed E-state index contributed by atoms with van der Waals surface area (Å²) in [7, 11) is 0. The van der Waals surface area contributed by atoms with Gasteiger partial charge in [0.15, 0.2) is 23.3 Å². The highest BCUT2D eigenvalue weighted by molar-refractivity contribution is 6.11. The van der Waals surface area contributed by atoms with Crippen molar-refractivity contribution < 1.29 is 48.7 Å². The van der Waals surface area contributed by atoms with E-state index in [4.69, 9.17) is 5.26 Å². The van der Waals surface area contributed by atoms with Gasteiger partial charge in [0, 0.05) is 11.3 Å². The molecule has 184 valence electrons. The van der Waals surface area contributed by atoms with Crippen molar-refractivity contribution in [1.82, 2.24) is 9.78 Å². The molecule has 35 heavy (non-hydrogen) atoms. The van der Waals surface area contributed by atoms with Gasteiger partial charge < -0.3 is 0 Å². The number of alkyl halides is 6. The van der Waals surface area contributed by atoms with Crippen LogP contribution in [0.2, 0.25) is 0 Å². The normalized spacial score (nSPS) is 12.1. The van der Waals surface area contributed by atoms with Gasteiger partial charge in [0.25, 0.3) is 5.56 Å². The molecule has 0 amide bonds. The van der Waals surface area contributed by atoms with Gasteiger partial charge in [0.05, 0.1) is 11.1 Å². The summed E-state index contributed by atoms with van der Waals surface area (Å²) in [6, 6.07) is 1.51. The van der Waals surface area contributed by atoms with Crippen LogP contribution in [0.3, 0.4) is 0 Å². The summed E-state index contributed by atoms with van der Waals surface area (Å²) in [5.41, 5.74) is -13.7. The summed E-state index contributed by atoms with van der Waals surface area (Å²) < 4.78 is 137. The molecule has 0 saturated carbocycles. The van der Waals surface area contributed by atoms with Crippen molar-refractivity contribution in [2.45, 2.75) is 19.3 Å². The predicted octanol–water partition coefficient (Wildman–Crippen LogP) is 5.17. The molecule has 3 rings (SSSR count). The van der Waals surface area contributed by atoms with Crippen LogP contribution in [0.5, 0.6) is 0 Å². The lowest BCUT2D eigenvalue weighted by molar-refractivity contribution is -0.143. The lowest BCUT2D eigenvalue weighted by atomic mass is 9.93. The highest BCUT2D eigenvalue weighted by Gasteiger charge is 2.44. The molecule has 3 aromatic rings. The number of rotatable bonds is 3. The Balaban J connectivity index is 2.37. The molecular weight excluding hydrogens is 504 g/mol. The Morgan fingerprint density at radius 1 is 0.886 bits per heavy atom. The molecule has 0 saturated heterocycles. The van der Waals surface area contributed by atoms with E-state index in [-0.39, 0.29) is 16.8 Å². The fraction of sp³-hybridized carbons (Fsp3) is 0.150. The lowest BCUT2D eigenvalue weighted by Crippen LogP contribution is -2.26. The number of nitrogens with one attached hydrogen (secondary N) is 1. The Labute approximate surface area is 186 Å². The molecule has 5 nitrogen and oxygen atoms in total. The van der Waals surface area contributed by atoms with Crippen LogP contribution in [-0.2, 0) is 12.4 Å². The van der Waals surface area contributed by atoms with Crippen LogP contribution in [0.1, 0.15) is 38.3 Å². The first-order chi connectivity index (χ1) is 16.0. The van der Waals surface area contributed by atoms with Gasteiger partial charge in [-0.05, 0) is 19.1 Å². The summed E-state index contributed by atoms with van der Waals surface area (Å²) in [6.45, 7) is 0.779. The third-order valence-electron chi connectivity index (χ3n) is 4.78. The molecule has 0 atom stereocenters. The summed E-state index contributed by atoms with van der Waals surface area (Å²) >= 11 is 0. The Bertz CT molecular complexity index is 1410. The van der Waals surface area contributed by atoms with Crippen LogP contribution in [-0.4, -0.2) is 15.6 Å². The number of H-pyrrole nitrogens is 1. The van der Waals surface area contributed by atoms with Gasteiger partial charge in [-0.15, -0.1) is 0 Å². The number of carbonyl (C=O) groups excluding carboxylic acids is 1. The van der Waals surface area contributed by atoms with Crippen molar-refractivity contribution in [2.75, 3.05) is 0 Å². The van der Waals surface area contributed by atoms with E-state index in [1.807, 2.05) is 0 Å². The summed E-state index contributed by atoms with van der Waals surface area (Å²) in [5, 5.41) is 10.4. The Morgan fingerprint density at radius 2 is 1.34 bits per heavy atom. The second-order valence-corrected chi connectivity index (χ2v) is 6.90. The number of aromatic nitrogens is 2. The van der Waals surface area contributed by atoms with Crippen molar-refractivity contribution >= 4 is 5.78 Å². The average molecular weight is 511 g/mol. The number of carbonyl (C=O) groups is 1. The zero-order valence-corrected chi connectivity index (χ0v) is 16.7. The van der Waals surface area contributed by atoms with E-state index < -0.39 is 86.2 Å². The maximum absolute atomic E-state index is 14.4. The van der Waals surface area contributed by atoms with Crippen molar-refractivity contribution in [3.63, 3.8) is 0 Å². The molecule has 0 radical (unpaired) electrons. The quantitative estimate of drug-likeness (QED) is 0.300. The van der Waals surface area contributed by atoms with E-state index in [2.05, 4.69) is 0 Å². The third kappa shape index (κ3) is 4.04. The van der Waals surface area contributed by atoms with Crippen molar-refractivity contribution in [1.29, 1.82) is 5.26 Å². The number of aryl methyl sites for hydroxylation is 1. The van der Waals surface area contributed by atoms with Gasteiger partial charge in [-0.3, -0.25) is 14.7 Å². The minimum absolute atomic E-state index is 0.147. The standard InChI is InChI=1S/C20H7F10N3O2/c1-6-10(17(34)11-8(19(25,26)27)3-2-4-9(11)20(28,29)30)18(35)33(32-6)16-14(23)12(21)7(5-31)13(22)15(16)24/h2-4,32H,1H3. The number of ketones is 1. The van der Waals surface area contributed by atoms with Gasteiger partial charge in [-0.2, -0.15) is 31.6 Å². The molecule has 0 unspecified atom stereocenters. The number of hydrogen-bond donors (Lipinski definition) is 1. The highest BCUT2D eigenvalue weighted by Crippen LogP contribution is 2.40. The van der Waals surface area contributed by atoms with Gasteiger partial charge in [-0.1, -0.05) is 6.07 Å². The zero-order valence-electron chi connectivity index (χ0n) is 16.7. The summed E-state index contributed by atoms with van der Waals surface area (Å²) in [4.78, 5) is 25.6. The minimum Gasteiger partial charge on any atom is -0.294 e. The molecule has 1 aromatic heterocycles. The molecular formula is C20H7F10N3O2. The molecule has 0 aliphatic heterocycles. The predicted molar refractivity (Wildman–Crippen MR) is 95.6 cm³/mol. The van der Waals surface area contributed by atoms with E-state index in [1.54, 1.807) is 5.10 Å². The SMILES string of the molecule is Cc1[nH]n(-c2c(F)c(F)c(C#N)c(F)c2F)c(=O)c1C(=O)c1c(C(F)(F)F)cccc1C(F)(F)F. The molecule has 2 aromatic carbocycles. The van der Waals surface area contributed by atoms with E-state index in [9.17, 15) is 53.5 Å². The maximum Gasteiger partial charge on any atom is 0.417 e. The van der Waals surface area contributed by atoms with Crippen LogP contribution in [0.25, 0.3) is 5.69 Å².